The molecule has 0 radical (unpaired) electrons. The van der Waals surface area contributed by atoms with Gasteiger partial charge in [-0.1, -0.05) is 98.8 Å². The van der Waals surface area contributed by atoms with Gasteiger partial charge in [-0.15, -0.1) is 11.3 Å². The Morgan fingerprint density at radius 3 is 2.14 bits per heavy atom. The number of fused-ring (bicyclic) bond motifs is 6. The Morgan fingerprint density at radius 2 is 1.28 bits per heavy atom. The summed E-state index contributed by atoms with van der Waals surface area (Å²) >= 11 is 1.76. The summed E-state index contributed by atoms with van der Waals surface area (Å²) in [5.41, 5.74) is 10.4. The third-order valence-electron chi connectivity index (χ3n) is 8.17. The Balaban J connectivity index is 1.38. The molecule has 4 aromatic carbocycles. The fourth-order valence-electron chi connectivity index (χ4n) is 5.92. The van der Waals surface area contributed by atoms with Gasteiger partial charge in [-0.3, -0.25) is 9.97 Å². The van der Waals surface area contributed by atoms with E-state index in [1.54, 1.807) is 11.3 Å². The summed E-state index contributed by atoms with van der Waals surface area (Å²) in [5, 5.41) is 3.40. The van der Waals surface area contributed by atoms with Gasteiger partial charge in [0.1, 0.15) is 0 Å². The van der Waals surface area contributed by atoms with Crippen molar-refractivity contribution < 1.29 is 0 Å². The molecule has 0 amide bonds. The van der Waals surface area contributed by atoms with Crippen LogP contribution in [0.3, 0.4) is 0 Å². The highest BCUT2D eigenvalue weighted by molar-refractivity contribution is 7.26. The van der Waals surface area contributed by atoms with Gasteiger partial charge in [-0.25, -0.2) is 9.97 Å². The highest BCUT2D eigenvalue weighted by Crippen LogP contribution is 2.41. The molecule has 4 nitrogen and oxygen atoms in total. The van der Waals surface area contributed by atoms with Crippen LogP contribution in [0.15, 0.2) is 109 Å². The molecule has 8 rings (SSSR count). The van der Waals surface area contributed by atoms with Crippen molar-refractivity contribution in [1.82, 2.24) is 19.9 Å². The highest BCUT2D eigenvalue weighted by atomic mass is 32.1. The van der Waals surface area contributed by atoms with E-state index in [2.05, 4.69) is 105 Å². The van der Waals surface area contributed by atoms with E-state index < -0.39 is 0 Å². The maximum atomic E-state index is 5.20. The fraction of sp³-hybridized carbons (Fsp3) is 0.105. The van der Waals surface area contributed by atoms with E-state index in [1.807, 2.05) is 18.2 Å². The van der Waals surface area contributed by atoms with Crippen LogP contribution < -0.4 is 0 Å². The van der Waals surface area contributed by atoms with Crippen molar-refractivity contribution in [3.63, 3.8) is 0 Å². The first-order chi connectivity index (χ1) is 21.2. The van der Waals surface area contributed by atoms with Crippen molar-refractivity contribution in [3.8, 4) is 33.8 Å². The van der Waals surface area contributed by atoms with Crippen molar-refractivity contribution in [2.45, 2.75) is 26.7 Å². The molecule has 0 bridgehead atoms. The summed E-state index contributed by atoms with van der Waals surface area (Å²) in [6.45, 7) is 4.31. The average molecular weight is 573 g/mol. The molecule has 4 aromatic heterocycles. The molecular formula is C38H28N4S. The van der Waals surface area contributed by atoms with Crippen LogP contribution in [0.1, 0.15) is 25.2 Å². The van der Waals surface area contributed by atoms with Crippen molar-refractivity contribution >= 4 is 53.4 Å². The molecule has 0 aliphatic rings. The topological polar surface area (TPSA) is 51.6 Å². The smallest absolute Gasteiger partial charge is 0.160 e. The second-order valence-corrected chi connectivity index (χ2v) is 11.9. The zero-order valence-electron chi connectivity index (χ0n) is 24.0. The van der Waals surface area contributed by atoms with Crippen LogP contribution in [-0.4, -0.2) is 19.9 Å². The van der Waals surface area contributed by atoms with Crippen molar-refractivity contribution in [2.75, 3.05) is 0 Å². The number of hydrogen-bond donors (Lipinski definition) is 0. The average Bonchev–Trinajstić information content (AvgIpc) is 3.46. The highest BCUT2D eigenvalue weighted by Gasteiger charge is 2.18. The molecule has 0 unspecified atom stereocenters. The number of nitrogens with zero attached hydrogens (tertiary/aromatic N) is 4. The minimum atomic E-state index is 0.740. The van der Waals surface area contributed by atoms with Gasteiger partial charge in [0.05, 0.1) is 26.9 Å². The molecule has 0 spiro atoms. The zero-order chi connectivity index (χ0) is 28.9. The summed E-state index contributed by atoms with van der Waals surface area (Å²) in [5.74, 6) is 0.740. The third-order valence-corrected chi connectivity index (χ3v) is 9.34. The molecule has 0 fully saturated rings. The van der Waals surface area contributed by atoms with Crippen LogP contribution in [0.5, 0.6) is 0 Å². The van der Waals surface area contributed by atoms with E-state index in [4.69, 9.17) is 19.9 Å². The van der Waals surface area contributed by atoms with Gasteiger partial charge >= 0.3 is 0 Å². The second kappa shape index (κ2) is 10.4. The van der Waals surface area contributed by atoms with Crippen molar-refractivity contribution in [1.29, 1.82) is 0 Å². The summed E-state index contributed by atoms with van der Waals surface area (Å²) in [4.78, 5) is 20.4. The minimum absolute atomic E-state index is 0.740. The first-order valence-electron chi connectivity index (χ1n) is 14.8. The molecule has 206 valence electrons. The van der Waals surface area contributed by atoms with Crippen LogP contribution in [-0.2, 0) is 12.8 Å². The number of rotatable bonds is 5. The Hall–Kier alpha value is -5.00. The predicted octanol–water partition coefficient (Wildman–Crippen LogP) is 10.1. The van der Waals surface area contributed by atoms with Gasteiger partial charge in [0.25, 0.3) is 0 Å². The number of thiophene rings is 1. The Labute approximate surface area is 253 Å². The molecule has 0 saturated heterocycles. The van der Waals surface area contributed by atoms with Gasteiger partial charge in [0.2, 0.25) is 0 Å². The van der Waals surface area contributed by atoms with Gasteiger partial charge in [-0.2, -0.15) is 0 Å². The van der Waals surface area contributed by atoms with Crippen LogP contribution in [0.2, 0.25) is 0 Å². The molecule has 8 aromatic rings. The van der Waals surface area contributed by atoms with E-state index in [-0.39, 0.29) is 0 Å². The molecule has 5 heteroatoms. The van der Waals surface area contributed by atoms with E-state index in [0.29, 0.717) is 0 Å². The first kappa shape index (κ1) is 25.7. The van der Waals surface area contributed by atoms with E-state index in [1.165, 1.54) is 10.3 Å². The lowest BCUT2D eigenvalue weighted by molar-refractivity contribution is 1.05. The van der Waals surface area contributed by atoms with Crippen molar-refractivity contribution in [3.05, 3.63) is 121 Å². The fourth-order valence-corrected chi connectivity index (χ4v) is 7.07. The van der Waals surface area contributed by atoms with E-state index >= 15 is 0 Å². The molecule has 0 saturated carbocycles. The van der Waals surface area contributed by atoms with Crippen LogP contribution in [0.4, 0.5) is 0 Å². The van der Waals surface area contributed by atoms with Crippen LogP contribution >= 0.6 is 11.3 Å². The lowest BCUT2D eigenvalue weighted by Gasteiger charge is -2.13. The van der Waals surface area contributed by atoms with Gasteiger partial charge in [0.15, 0.2) is 5.82 Å². The van der Waals surface area contributed by atoms with Crippen LogP contribution in [0, 0.1) is 0 Å². The van der Waals surface area contributed by atoms with E-state index in [9.17, 15) is 0 Å². The van der Waals surface area contributed by atoms with Crippen LogP contribution in [0.25, 0.3) is 75.9 Å². The lowest BCUT2D eigenvalue weighted by Crippen LogP contribution is -1.96. The molecule has 0 N–H and O–H groups in total. The predicted molar refractivity (Wildman–Crippen MR) is 181 cm³/mol. The number of hydrogen-bond acceptors (Lipinski definition) is 5. The molecular weight excluding hydrogens is 545 g/mol. The zero-order valence-corrected chi connectivity index (χ0v) is 24.8. The standard InChI is InChI=1S/C38H28N4S/c1-3-27-19-17-23-18-20-29-31(22-28(4-2)40-35(29)33(23)39-27)25-13-10-14-26(21-25)34-37-36(30-15-8-9-16-32(30)43-37)42-38(41-34)24-11-6-5-7-12-24/h5-22H,3-4H2,1-2H3. The number of aryl methyl sites for hydroxylation is 2. The number of aromatic nitrogens is 4. The molecule has 0 aliphatic heterocycles. The Morgan fingerprint density at radius 1 is 0.535 bits per heavy atom. The Kier molecular flexibility index (Phi) is 6.20. The maximum absolute atomic E-state index is 5.20. The van der Waals surface area contributed by atoms with Gasteiger partial charge in [-0.05, 0) is 48.2 Å². The summed E-state index contributed by atoms with van der Waals surface area (Å²) in [6.07, 6.45) is 1.74. The molecule has 4 heterocycles. The maximum Gasteiger partial charge on any atom is 0.160 e. The van der Waals surface area contributed by atoms with Gasteiger partial charge < -0.3 is 0 Å². The number of benzene rings is 4. The van der Waals surface area contributed by atoms with E-state index in [0.717, 1.165) is 89.8 Å². The van der Waals surface area contributed by atoms with Gasteiger partial charge in [0, 0.05) is 43.4 Å². The lowest BCUT2D eigenvalue weighted by atomic mass is 9.96. The SMILES string of the molecule is CCc1ccc2ccc3c(-c4cccc(-c5nc(-c6ccccc6)nc6c5sc5ccccc56)c4)cc(CC)nc3c2n1. The summed E-state index contributed by atoms with van der Waals surface area (Å²) < 4.78 is 2.32. The summed E-state index contributed by atoms with van der Waals surface area (Å²) in [7, 11) is 0. The quantitative estimate of drug-likeness (QED) is 0.193. The summed E-state index contributed by atoms with van der Waals surface area (Å²) in [6, 6.07) is 38.4. The second-order valence-electron chi connectivity index (χ2n) is 10.8. The molecule has 0 aliphatic carbocycles. The minimum Gasteiger partial charge on any atom is -0.251 e. The molecule has 43 heavy (non-hydrogen) atoms. The normalized spacial score (nSPS) is 11.7. The molecule has 0 atom stereocenters. The van der Waals surface area contributed by atoms with Crippen molar-refractivity contribution in [2.24, 2.45) is 0 Å². The number of pyridine rings is 2. The monoisotopic (exact) mass is 572 g/mol. The Bertz CT molecular complexity index is 2320. The first-order valence-corrected chi connectivity index (χ1v) is 15.6. The third kappa shape index (κ3) is 4.36. The largest absolute Gasteiger partial charge is 0.251 e.